The van der Waals surface area contributed by atoms with Crippen LogP contribution in [-0.2, 0) is 16.1 Å². The Kier molecular flexibility index (Phi) is 5.68. The lowest BCUT2D eigenvalue weighted by molar-refractivity contribution is -0.123. The first kappa shape index (κ1) is 18.5. The van der Waals surface area contributed by atoms with E-state index in [0.29, 0.717) is 5.13 Å². The van der Waals surface area contributed by atoms with Crippen molar-refractivity contribution in [3.8, 4) is 0 Å². The summed E-state index contributed by atoms with van der Waals surface area (Å²) in [6, 6.07) is 7.85. The van der Waals surface area contributed by atoms with E-state index in [1.807, 2.05) is 36.6 Å². The maximum absolute atomic E-state index is 12.2. The highest BCUT2D eigenvalue weighted by molar-refractivity contribution is 7.14. The number of anilines is 2. The molecule has 2 heterocycles. The zero-order valence-electron chi connectivity index (χ0n) is 15.1. The van der Waals surface area contributed by atoms with Gasteiger partial charge in [-0.05, 0) is 50.6 Å². The van der Waals surface area contributed by atoms with Gasteiger partial charge in [0.25, 0.3) is 0 Å². The predicted octanol–water partition coefficient (Wildman–Crippen LogP) is 2.83. The van der Waals surface area contributed by atoms with Gasteiger partial charge in [-0.2, -0.15) is 0 Å². The van der Waals surface area contributed by atoms with Crippen LogP contribution in [-0.4, -0.2) is 34.8 Å². The summed E-state index contributed by atoms with van der Waals surface area (Å²) in [5, 5.41) is 2.69. The first-order valence-electron chi connectivity index (χ1n) is 8.77. The van der Waals surface area contributed by atoms with Crippen LogP contribution in [0.25, 0.3) is 0 Å². The van der Waals surface area contributed by atoms with E-state index in [0.717, 1.165) is 49.4 Å². The van der Waals surface area contributed by atoms with Crippen LogP contribution in [0.3, 0.4) is 0 Å². The topological polar surface area (TPSA) is 79.5 Å². The second kappa shape index (κ2) is 7.97. The van der Waals surface area contributed by atoms with Crippen molar-refractivity contribution < 1.29 is 9.59 Å². The number of thiazole rings is 1. The maximum Gasteiger partial charge on any atom is 0.230 e. The Balaban J connectivity index is 1.70. The second-order valence-corrected chi connectivity index (χ2v) is 7.60. The molecule has 0 radical (unpaired) electrons. The van der Waals surface area contributed by atoms with Crippen molar-refractivity contribution in [1.29, 1.82) is 0 Å². The van der Waals surface area contributed by atoms with E-state index in [-0.39, 0.29) is 17.7 Å². The van der Waals surface area contributed by atoms with Gasteiger partial charge in [-0.3, -0.25) is 19.4 Å². The summed E-state index contributed by atoms with van der Waals surface area (Å²) >= 11 is 1.47. The fraction of sp³-hybridized carbons (Fsp3) is 0.421. The molecular weight excluding hydrogens is 348 g/mol. The summed E-state index contributed by atoms with van der Waals surface area (Å²) in [6.45, 7) is 5.97. The van der Waals surface area contributed by atoms with E-state index in [9.17, 15) is 9.59 Å². The summed E-state index contributed by atoms with van der Waals surface area (Å²) in [6.07, 6.45) is 1.60. The van der Waals surface area contributed by atoms with Gasteiger partial charge in [0.15, 0.2) is 5.13 Å². The molecule has 7 heteroatoms. The van der Waals surface area contributed by atoms with Crippen molar-refractivity contribution in [3.63, 3.8) is 0 Å². The van der Waals surface area contributed by atoms with Crippen LogP contribution in [0, 0.1) is 12.8 Å². The molecule has 1 aromatic heterocycles. The van der Waals surface area contributed by atoms with Gasteiger partial charge in [0.1, 0.15) is 0 Å². The standard InChI is InChI=1S/C19H24N4O2S/c1-13-4-3-5-17(10-13)23(14(2)24)19-21-16(12-26-19)11-22-8-6-15(7-9-22)18(20)25/h3-5,10,12,15H,6-9,11H2,1-2H3,(H2,20,25). The zero-order chi connectivity index (χ0) is 18.7. The van der Waals surface area contributed by atoms with Crippen molar-refractivity contribution in [1.82, 2.24) is 9.88 Å². The van der Waals surface area contributed by atoms with Crippen LogP contribution in [0.4, 0.5) is 10.8 Å². The lowest BCUT2D eigenvalue weighted by Crippen LogP contribution is -2.38. The highest BCUT2D eigenvalue weighted by Crippen LogP contribution is 2.30. The zero-order valence-corrected chi connectivity index (χ0v) is 16.0. The fourth-order valence-electron chi connectivity index (χ4n) is 3.27. The Bertz CT molecular complexity index is 796. The molecule has 0 bridgehead atoms. The van der Waals surface area contributed by atoms with E-state index >= 15 is 0 Å². The number of piperidine rings is 1. The molecule has 6 nitrogen and oxygen atoms in total. The normalized spacial score (nSPS) is 15.8. The minimum atomic E-state index is -0.198. The Morgan fingerprint density at radius 3 is 2.69 bits per heavy atom. The van der Waals surface area contributed by atoms with Crippen molar-refractivity contribution in [3.05, 3.63) is 40.9 Å². The minimum Gasteiger partial charge on any atom is -0.369 e. The number of carbonyl (C=O) groups excluding carboxylic acids is 2. The predicted molar refractivity (Wildman–Crippen MR) is 103 cm³/mol. The molecule has 0 unspecified atom stereocenters. The van der Waals surface area contributed by atoms with Crippen molar-refractivity contribution in [2.45, 2.75) is 33.2 Å². The molecule has 0 aliphatic carbocycles. The minimum absolute atomic E-state index is 0.00762. The fourth-order valence-corrected chi connectivity index (χ4v) is 4.15. The number of aryl methyl sites for hydroxylation is 1. The van der Waals surface area contributed by atoms with Gasteiger partial charge < -0.3 is 5.73 Å². The molecule has 138 valence electrons. The van der Waals surface area contributed by atoms with Gasteiger partial charge in [-0.15, -0.1) is 11.3 Å². The monoisotopic (exact) mass is 372 g/mol. The number of nitrogens with zero attached hydrogens (tertiary/aromatic N) is 3. The Morgan fingerprint density at radius 2 is 2.08 bits per heavy atom. The molecule has 1 aromatic carbocycles. The number of nitrogens with two attached hydrogens (primary N) is 1. The van der Waals surface area contributed by atoms with Crippen molar-refractivity contribution in [2.24, 2.45) is 11.7 Å². The first-order chi connectivity index (χ1) is 12.4. The molecule has 0 spiro atoms. The van der Waals surface area contributed by atoms with Crippen LogP contribution in [0.15, 0.2) is 29.6 Å². The molecular formula is C19H24N4O2S. The molecule has 1 aliphatic rings. The number of amides is 2. The van der Waals surface area contributed by atoms with Gasteiger partial charge in [0, 0.05) is 24.8 Å². The summed E-state index contributed by atoms with van der Waals surface area (Å²) in [5.74, 6) is -0.263. The number of aromatic nitrogens is 1. The van der Waals surface area contributed by atoms with Crippen LogP contribution in [0.1, 0.15) is 31.0 Å². The third-order valence-electron chi connectivity index (χ3n) is 4.68. The number of rotatable bonds is 5. The lowest BCUT2D eigenvalue weighted by Gasteiger charge is -2.29. The van der Waals surface area contributed by atoms with E-state index < -0.39 is 0 Å². The number of hydrogen-bond acceptors (Lipinski definition) is 5. The number of hydrogen-bond donors (Lipinski definition) is 1. The van der Waals surface area contributed by atoms with Gasteiger partial charge >= 0.3 is 0 Å². The molecule has 26 heavy (non-hydrogen) atoms. The number of primary amides is 1. The maximum atomic E-state index is 12.2. The number of likely N-dealkylation sites (tertiary alicyclic amines) is 1. The van der Waals surface area contributed by atoms with Gasteiger partial charge in [0.2, 0.25) is 11.8 Å². The molecule has 1 aliphatic heterocycles. The summed E-state index contributed by atoms with van der Waals surface area (Å²) in [7, 11) is 0. The smallest absolute Gasteiger partial charge is 0.230 e. The van der Waals surface area contributed by atoms with Crippen LogP contribution in [0.5, 0.6) is 0 Å². The average Bonchev–Trinajstić information content (AvgIpc) is 3.03. The van der Waals surface area contributed by atoms with Gasteiger partial charge in [-0.25, -0.2) is 4.98 Å². The number of carbonyl (C=O) groups is 2. The third kappa shape index (κ3) is 4.28. The van der Waals surface area contributed by atoms with Gasteiger partial charge in [-0.1, -0.05) is 12.1 Å². The molecule has 0 atom stereocenters. The highest BCUT2D eigenvalue weighted by atomic mass is 32.1. The Hall–Kier alpha value is -2.25. The highest BCUT2D eigenvalue weighted by Gasteiger charge is 2.24. The third-order valence-corrected chi connectivity index (χ3v) is 5.56. The Labute approximate surface area is 157 Å². The largest absolute Gasteiger partial charge is 0.369 e. The lowest BCUT2D eigenvalue weighted by atomic mass is 9.96. The van der Waals surface area contributed by atoms with Crippen molar-refractivity contribution in [2.75, 3.05) is 18.0 Å². The molecule has 1 fully saturated rings. The van der Waals surface area contributed by atoms with E-state index in [2.05, 4.69) is 9.88 Å². The Morgan fingerprint density at radius 1 is 1.35 bits per heavy atom. The van der Waals surface area contributed by atoms with Gasteiger partial charge in [0.05, 0.1) is 11.4 Å². The molecule has 0 saturated carbocycles. The summed E-state index contributed by atoms with van der Waals surface area (Å²) in [4.78, 5) is 32.1. The van der Waals surface area contributed by atoms with E-state index in [1.54, 1.807) is 11.8 Å². The second-order valence-electron chi connectivity index (χ2n) is 6.77. The van der Waals surface area contributed by atoms with Crippen LogP contribution < -0.4 is 10.6 Å². The van der Waals surface area contributed by atoms with E-state index in [1.165, 1.54) is 11.3 Å². The average molecular weight is 372 g/mol. The SMILES string of the molecule is CC(=O)N(c1cccc(C)c1)c1nc(CN2CCC(C(N)=O)CC2)cs1. The first-order valence-corrected chi connectivity index (χ1v) is 9.65. The number of benzene rings is 1. The summed E-state index contributed by atoms with van der Waals surface area (Å²) in [5.41, 5.74) is 8.27. The molecule has 3 rings (SSSR count). The van der Waals surface area contributed by atoms with E-state index in [4.69, 9.17) is 5.73 Å². The molecule has 1 saturated heterocycles. The van der Waals surface area contributed by atoms with Crippen molar-refractivity contribution >= 4 is 34.0 Å². The van der Waals surface area contributed by atoms with Crippen LogP contribution in [0.2, 0.25) is 0 Å². The van der Waals surface area contributed by atoms with Crippen LogP contribution >= 0.6 is 11.3 Å². The quantitative estimate of drug-likeness (QED) is 0.875. The molecule has 2 aromatic rings. The summed E-state index contributed by atoms with van der Waals surface area (Å²) < 4.78 is 0. The molecule has 2 amide bonds. The molecule has 2 N–H and O–H groups in total.